The van der Waals surface area contributed by atoms with Crippen LogP contribution in [0.25, 0.3) is 0 Å². The van der Waals surface area contributed by atoms with Crippen molar-refractivity contribution in [1.29, 1.82) is 0 Å². The van der Waals surface area contributed by atoms with Crippen LogP contribution in [0.4, 0.5) is 4.39 Å². The standard InChI is InChI=1S/C11H17FN2O/c1-14-10(5-6-13)8-3-4-11(15-2)9(12)7-8/h3-4,7,10,14H,5-6,13H2,1-2H3. The van der Waals surface area contributed by atoms with Gasteiger partial charge in [-0.15, -0.1) is 0 Å². The van der Waals surface area contributed by atoms with Crippen LogP contribution in [-0.2, 0) is 0 Å². The Morgan fingerprint density at radius 3 is 2.73 bits per heavy atom. The molecule has 1 aromatic carbocycles. The molecule has 0 heterocycles. The van der Waals surface area contributed by atoms with Crippen molar-refractivity contribution in [3.63, 3.8) is 0 Å². The van der Waals surface area contributed by atoms with Crippen LogP contribution in [0, 0.1) is 5.82 Å². The van der Waals surface area contributed by atoms with Gasteiger partial charge in [-0.1, -0.05) is 6.07 Å². The summed E-state index contributed by atoms with van der Waals surface area (Å²) in [6.07, 6.45) is 0.780. The van der Waals surface area contributed by atoms with Gasteiger partial charge in [0.05, 0.1) is 7.11 Å². The first kappa shape index (κ1) is 11.9. The van der Waals surface area contributed by atoms with E-state index in [1.54, 1.807) is 6.07 Å². The molecule has 3 nitrogen and oxygen atoms in total. The maximum Gasteiger partial charge on any atom is 0.165 e. The number of ether oxygens (including phenoxy) is 1. The molecular formula is C11H17FN2O. The summed E-state index contributed by atoms with van der Waals surface area (Å²) < 4.78 is 18.3. The molecule has 0 radical (unpaired) electrons. The van der Waals surface area contributed by atoms with E-state index < -0.39 is 0 Å². The van der Waals surface area contributed by atoms with Crippen molar-refractivity contribution < 1.29 is 9.13 Å². The number of halogens is 1. The van der Waals surface area contributed by atoms with Crippen LogP contribution in [0.5, 0.6) is 5.75 Å². The lowest BCUT2D eigenvalue weighted by molar-refractivity contribution is 0.385. The summed E-state index contributed by atoms with van der Waals surface area (Å²) in [5.41, 5.74) is 6.37. The van der Waals surface area contributed by atoms with E-state index in [-0.39, 0.29) is 17.6 Å². The van der Waals surface area contributed by atoms with Crippen molar-refractivity contribution in [3.05, 3.63) is 29.6 Å². The van der Waals surface area contributed by atoms with E-state index in [1.165, 1.54) is 13.2 Å². The molecular weight excluding hydrogens is 195 g/mol. The van der Waals surface area contributed by atoms with Gasteiger partial charge in [0.15, 0.2) is 11.6 Å². The summed E-state index contributed by atoms with van der Waals surface area (Å²) in [6.45, 7) is 0.569. The van der Waals surface area contributed by atoms with Crippen molar-refractivity contribution in [2.75, 3.05) is 20.7 Å². The van der Waals surface area contributed by atoms with E-state index >= 15 is 0 Å². The fraction of sp³-hybridized carbons (Fsp3) is 0.455. The third-order valence-corrected chi connectivity index (χ3v) is 2.38. The first-order chi connectivity index (χ1) is 7.22. The Morgan fingerprint density at radius 1 is 1.53 bits per heavy atom. The van der Waals surface area contributed by atoms with Gasteiger partial charge < -0.3 is 15.8 Å². The van der Waals surface area contributed by atoms with E-state index in [0.29, 0.717) is 6.54 Å². The summed E-state index contributed by atoms with van der Waals surface area (Å²) >= 11 is 0. The molecule has 0 aliphatic heterocycles. The van der Waals surface area contributed by atoms with Crippen LogP contribution in [0.15, 0.2) is 18.2 Å². The number of benzene rings is 1. The minimum Gasteiger partial charge on any atom is -0.494 e. The number of hydrogen-bond donors (Lipinski definition) is 2. The van der Waals surface area contributed by atoms with Gasteiger partial charge in [0.25, 0.3) is 0 Å². The zero-order valence-corrected chi connectivity index (χ0v) is 9.09. The maximum atomic E-state index is 13.4. The molecule has 0 fully saturated rings. The molecule has 1 aromatic rings. The molecule has 0 saturated heterocycles. The summed E-state index contributed by atoms with van der Waals surface area (Å²) in [5.74, 6) is -0.0753. The maximum absolute atomic E-state index is 13.4. The topological polar surface area (TPSA) is 47.3 Å². The largest absolute Gasteiger partial charge is 0.494 e. The van der Waals surface area contributed by atoms with E-state index in [2.05, 4.69) is 5.32 Å². The molecule has 1 rings (SSSR count). The Labute approximate surface area is 89.4 Å². The molecule has 0 spiro atoms. The van der Waals surface area contributed by atoms with Gasteiger partial charge in [-0.2, -0.15) is 0 Å². The second-order valence-electron chi connectivity index (χ2n) is 3.31. The Hall–Kier alpha value is -1.13. The molecule has 1 unspecified atom stereocenters. The summed E-state index contributed by atoms with van der Waals surface area (Å²) in [5, 5.41) is 3.10. The van der Waals surface area contributed by atoms with Gasteiger partial charge in [-0.3, -0.25) is 0 Å². The summed E-state index contributed by atoms with van der Waals surface area (Å²) in [7, 11) is 3.29. The number of nitrogens with one attached hydrogen (secondary N) is 1. The molecule has 0 aliphatic rings. The fourth-order valence-corrected chi connectivity index (χ4v) is 1.54. The fourth-order valence-electron chi connectivity index (χ4n) is 1.54. The van der Waals surface area contributed by atoms with E-state index in [9.17, 15) is 4.39 Å². The number of nitrogens with two attached hydrogens (primary N) is 1. The van der Waals surface area contributed by atoms with Crippen LogP contribution in [0.1, 0.15) is 18.0 Å². The normalized spacial score (nSPS) is 12.5. The molecule has 15 heavy (non-hydrogen) atoms. The number of rotatable bonds is 5. The van der Waals surface area contributed by atoms with Gasteiger partial charge in [0.2, 0.25) is 0 Å². The minimum absolute atomic E-state index is 0.0930. The predicted octanol–water partition coefficient (Wildman–Crippen LogP) is 1.44. The van der Waals surface area contributed by atoms with Crippen molar-refractivity contribution in [1.82, 2.24) is 5.32 Å². The Kier molecular flexibility index (Phi) is 4.52. The SMILES string of the molecule is CNC(CCN)c1ccc(OC)c(F)c1. The lowest BCUT2D eigenvalue weighted by atomic mass is 10.0. The monoisotopic (exact) mass is 212 g/mol. The van der Waals surface area contributed by atoms with Crippen molar-refractivity contribution >= 4 is 0 Å². The van der Waals surface area contributed by atoms with Crippen molar-refractivity contribution in [3.8, 4) is 5.75 Å². The van der Waals surface area contributed by atoms with E-state index in [0.717, 1.165) is 12.0 Å². The average molecular weight is 212 g/mol. The molecule has 3 N–H and O–H groups in total. The summed E-state index contributed by atoms with van der Waals surface area (Å²) in [6, 6.07) is 5.05. The molecule has 0 amide bonds. The van der Waals surface area contributed by atoms with Gasteiger partial charge in [0.1, 0.15) is 0 Å². The zero-order valence-electron chi connectivity index (χ0n) is 9.09. The third kappa shape index (κ3) is 2.91. The Morgan fingerprint density at radius 2 is 2.27 bits per heavy atom. The van der Waals surface area contributed by atoms with Gasteiger partial charge in [-0.25, -0.2) is 4.39 Å². The molecule has 0 aliphatic carbocycles. The average Bonchev–Trinajstić information content (AvgIpc) is 2.25. The quantitative estimate of drug-likeness (QED) is 0.776. The highest BCUT2D eigenvalue weighted by Crippen LogP contribution is 2.22. The van der Waals surface area contributed by atoms with E-state index in [4.69, 9.17) is 10.5 Å². The second kappa shape index (κ2) is 5.68. The lowest BCUT2D eigenvalue weighted by Gasteiger charge is -2.16. The summed E-state index contributed by atoms with van der Waals surface area (Å²) in [4.78, 5) is 0. The highest BCUT2D eigenvalue weighted by Gasteiger charge is 2.11. The van der Waals surface area contributed by atoms with Gasteiger partial charge in [0, 0.05) is 6.04 Å². The third-order valence-electron chi connectivity index (χ3n) is 2.38. The minimum atomic E-state index is -0.340. The first-order valence-corrected chi connectivity index (χ1v) is 4.93. The highest BCUT2D eigenvalue weighted by atomic mass is 19.1. The Balaban J connectivity index is 2.89. The van der Waals surface area contributed by atoms with Crippen LogP contribution < -0.4 is 15.8 Å². The van der Waals surface area contributed by atoms with Crippen molar-refractivity contribution in [2.24, 2.45) is 5.73 Å². The molecule has 1 atom stereocenters. The van der Waals surface area contributed by atoms with E-state index in [1.807, 2.05) is 13.1 Å². The number of hydrogen-bond acceptors (Lipinski definition) is 3. The Bertz CT molecular complexity index is 317. The number of methoxy groups -OCH3 is 1. The smallest absolute Gasteiger partial charge is 0.165 e. The molecule has 84 valence electrons. The zero-order chi connectivity index (χ0) is 11.3. The van der Waals surface area contributed by atoms with Crippen LogP contribution >= 0.6 is 0 Å². The van der Waals surface area contributed by atoms with Crippen LogP contribution in [0.2, 0.25) is 0 Å². The molecule has 0 bridgehead atoms. The second-order valence-corrected chi connectivity index (χ2v) is 3.31. The highest BCUT2D eigenvalue weighted by molar-refractivity contribution is 5.31. The van der Waals surface area contributed by atoms with Crippen LogP contribution in [-0.4, -0.2) is 20.7 Å². The van der Waals surface area contributed by atoms with Crippen LogP contribution in [0.3, 0.4) is 0 Å². The molecule has 4 heteroatoms. The molecule has 0 aromatic heterocycles. The molecule has 0 saturated carbocycles. The first-order valence-electron chi connectivity index (χ1n) is 4.93. The lowest BCUT2D eigenvalue weighted by Crippen LogP contribution is -2.20. The van der Waals surface area contributed by atoms with Crippen molar-refractivity contribution in [2.45, 2.75) is 12.5 Å². The van der Waals surface area contributed by atoms with Gasteiger partial charge >= 0.3 is 0 Å². The predicted molar refractivity (Wildman–Crippen MR) is 58.4 cm³/mol. The van der Waals surface area contributed by atoms with Gasteiger partial charge in [-0.05, 0) is 37.7 Å².